The molecule has 3 saturated heterocycles. The highest BCUT2D eigenvalue weighted by molar-refractivity contribution is 5.80. The number of hydrogen-bond acceptors (Lipinski definition) is 3. The van der Waals surface area contributed by atoms with Crippen molar-refractivity contribution in [1.82, 2.24) is 15.1 Å². The van der Waals surface area contributed by atoms with Gasteiger partial charge in [-0.15, -0.1) is 0 Å². The highest BCUT2D eigenvalue weighted by Crippen LogP contribution is 2.22. The van der Waals surface area contributed by atoms with Crippen LogP contribution >= 0.6 is 0 Å². The normalized spacial score (nSPS) is 25.7. The van der Waals surface area contributed by atoms with Gasteiger partial charge in [0.2, 0.25) is 11.8 Å². The Balaban J connectivity index is 1.43. The smallest absolute Gasteiger partial charge is 0.228 e. The average Bonchev–Trinajstić information content (AvgIpc) is 2.40. The van der Waals surface area contributed by atoms with Gasteiger partial charge in [0.25, 0.3) is 0 Å². The number of rotatable bonds is 3. The third-order valence-electron chi connectivity index (χ3n) is 4.96. The number of carbonyl (C=O) groups excluding carboxylic acids is 2. The number of likely N-dealkylation sites (tertiary alicyclic amines) is 2. The molecular weight excluding hydrogens is 254 g/mol. The molecule has 3 rings (SSSR count). The zero-order chi connectivity index (χ0) is 13.9. The Labute approximate surface area is 120 Å². The van der Waals surface area contributed by atoms with E-state index in [0.29, 0.717) is 17.7 Å². The van der Waals surface area contributed by atoms with Gasteiger partial charge in [-0.1, -0.05) is 0 Å². The maximum atomic E-state index is 12.2. The topological polar surface area (TPSA) is 52.7 Å². The summed E-state index contributed by atoms with van der Waals surface area (Å²) in [5, 5.41) is 3.16. The van der Waals surface area contributed by atoms with E-state index in [1.165, 1.54) is 0 Å². The van der Waals surface area contributed by atoms with Crippen molar-refractivity contribution in [2.45, 2.75) is 32.1 Å². The van der Waals surface area contributed by atoms with Crippen molar-refractivity contribution in [3.63, 3.8) is 0 Å². The molecular formula is C15H25N3O2. The quantitative estimate of drug-likeness (QED) is 0.816. The first-order valence-electron chi connectivity index (χ1n) is 8.01. The van der Waals surface area contributed by atoms with E-state index in [1.807, 2.05) is 9.80 Å². The van der Waals surface area contributed by atoms with Crippen LogP contribution in [0.4, 0.5) is 0 Å². The van der Waals surface area contributed by atoms with Crippen LogP contribution in [0.3, 0.4) is 0 Å². The van der Waals surface area contributed by atoms with Gasteiger partial charge in [0.1, 0.15) is 0 Å². The second-order valence-corrected chi connectivity index (χ2v) is 6.42. The molecule has 1 N–H and O–H groups in total. The maximum Gasteiger partial charge on any atom is 0.228 e. The van der Waals surface area contributed by atoms with E-state index in [9.17, 15) is 9.59 Å². The molecule has 112 valence electrons. The predicted molar refractivity (Wildman–Crippen MR) is 76.1 cm³/mol. The highest BCUT2D eigenvalue weighted by atomic mass is 16.2. The summed E-state index contributed by atoms with van der Waals surface area (Å²) in [7, 11) is 0. The van der Waals surface area contributed by atoms with E-state index in [1.54, 1.807) is 0 Å². The zero-order valence-corrected chi connectivity index (χ0v) is 12.1. The minimum Gasteiger partial charge on any atom is -0.342 e. The Hall–Kier alpha value is -1.10. The minimum atomic E-state index is 0.218. The van der Waals surface area contributed by atoms with E-state index >= 15 is 0 Å². The first kappa shape index (κ1) is 13.9. The van der Waals surface area contributed by atoms with E-state index < -0.39 is 0 Å². The molecule has 0 unspecified atom stereocenters. The second-order valence-electron chi connectivity index (χ2n) is 6.42. The van der Waals surface area contributed by atoms with Gasteiger partial charge >= 0.3 is 0 Å². The van der Waals surface area contributed by atoms with Gasteiger partial charge in [-0.2, -0.15) is 0 Å². The fraction of sp³-hybridized carbons (Fsp3) is 0.867. The fourth-order valence-electron chi connectivity index (χ4n) is 3.42. The number of carbonyl (C=O) groups is 2. The second kappa shape index (κ2) is 6.12. The molecule has 0 spiro atoms. The van der Waals surface area contributed by atoms with Crippen molar-refractivity contribution < 1.29 is 9.59 Å². The molecule has 2 amide bonds. The average molecular weight is 279 g/mol. The summed E-state index contributed by atoms with van der Waals surface area (Å²) < 4.78 is 0. The Morgan fingerprint density at radius 2 is 1.90 bits per heavy atom. The van der Waals surface area contributed by atoms with Crippen molar-refractivity contribution in [2.24, 2.45) is 11.8 Å². The molecule has 0 saturated carbocycles. The largest absolute Gasteiger partial charge is 0.342 e. The summed E-state index contributed by atoms with van der Waals surface area (Å²) in [5.41, 5.74) is 0. The fourth-order valence-corrected chi connectivity index (χ4v) is 3.42. The number of piperidine rings is 2. The minimum absolute atomic E-state index is 0.218. The highest BCUT2D eigenvalue weighted by Gasteiger charge is 2.32. The summed E-state index contributed by atoms with van der Waals surface area (Å²) in [6.45, 7) is 5.30. The van der Waals surface area contributed by atoms with Crippen LogP contribution in [0.2, 0.25) is 0 Å². The predicted octanol–water partition coefficient (Wildman–Crippen LogP) is 0.457. The Morgan fingerprint density at radius 1 is 1.15 bits per heavy atom. The molecule has 3 heterocycles. The van der Waals surface area contributed by atoms with Crippen molar-refractivity contribution in [1.29, 1.82) is 0 Å². The molecule has 0 aliphatic carbocycles. The van der Waals surface area contributed by atoms with Crippen LogP contribution in [0.25, 0.3) is 0 Å². The van der Waals surface area contributed by atoms with Crippen molar-refractivity contribution in [3.05, 3.63) is 0 Å². The van der Waals surface area contributed by atoms with Gasteiger partial charge in [-0.3, -0.25) is 9.59 Å². The summed E-state index contributed by atoms with van der Waals surface area (Å²) >= 11 is 0. The van der Waals surface area contributed by atoms with Gasteiger partial charge in [0.05, 0.1) is 5.92 Å². The molecule has 0 aromatic rings. The lowest BCUT2D eigenvalue weighted by Gasteiger charge is -2.38. The van der Waals surface area contributed by atoms with Crippen LogP contribution in [-0.2, 0) is 9.59 Å². The number of amides is 2. The molecule has 3 aliphatic rings. The molecule has 5 nitrogen and oxygen atoms in total. The Bertz CT molecular complexity index is 373. The molecule has 0 atom stereocenters. The van der Waals surface area contributed by atoms with Gasteiger partial charge in [0, 0.05) is 45.7 Å². The maximum absolute atomic E-state index is 12.2. The molecule has 5 heteroatoms. The molecule has 3 aliphatic heterocycles. The summed E-state index contributed by atoms with van der Waals surface area (Å²) in [5.74, 6) is 1.46. The molecule has 0 aromatic carbocycles. The van der Waals surface area contributed by atoms with Crippen LogP contribution in [0, 0.1) is 11.8 Å². The van der Waals surface area contributed by atoms with Gasteiger partial charge in [0.15, 0.2) is 0 Å². The van der Waals surface area contributed by atoms with Gasteiger partial charge in [-0.25, -0.2) is 0 Å². The lowest BCUT2D eigenvalue weighted by molar-refractivity contribution is -0.139. The van der Waals surface area contributed by atoms with Crippen LogP contribution < -0.4 is 5.32 Å². The van der Waals surface area contributed by atoms with Gasteiger partial charge in [-0.05, 0) is 31.6 Å². The number of nitrogens with zero attached hydrogens (tertiary/aromatic N) is 2. The molecule has 0 radical (unpaired) electrons. The Kier molecular flexibility index (Phi) is 4.24. The van der Waals surface area contributed by atoms with E-state index in [2.05, 4.69) is 5.32 Å². The Morgan fingerprint density at radius 3 is 2.50 bits per heavy atom. The van der Waals surface area contributed by atoms with Crippen molar-refractivity contribution in [2.75, 3.05) is 39.3 Å². The summed E-state index contributed by atoms with van der Waals surface area (Å²) in [6, 6.07) is 0. The molecule has 20 heavy (non-hydrogen) atoms. The van der Waals surface area contributed by atoms with E-state index in [-0.39, 0.29) is 5.92 Å². The molecule has 3 fully saturated rings. The standard InChI is InChI=1S/C15H25N3O2/c19-14-3-1-2-6-18(14)11-12-4-7-17(8-5-12)15(20)13-9-16-10-13/h12-13,16H,1-11H2. The first-order chi connectivity index (χ1) is 9.74. The third kappa shape index (κ3) is 2.97. The molecule has 0 bridgehead atoms. The van der Waals surface area contributed by atoms with Crippen molar-refractivity contribution >= 4 is 11.8 Å². The number of hydrogen-bond donors (Lipinski definition) is 1. The lowest BCUT2D eigenvalue weighted by Crippen LogP contribution is -2.54. The van der Waals surface area contributed by atoms with E-state index in [4.69, 9.17) is 0 Å². The van der Waals surface area contributed by atoms with Gasteiger partial charge < -0.3 is 15.1 Å². The summed E-state index contributed by atoms with van der Waals surface area (Å²) in [6.07, 6.45) is 5.03. The zero-order valence-electron chi connectivity index (χ0n) is 12.1. The first-order valence-corrected chi connectivity index (χ1v) is 8.01. The monoisotopic (exact) mass is 279 g/mol. The number of nitrogens with one attached hydrogen (secondary N) is 1. The third-order valence-corrected chi connectivity index (χ3v) is 4.96. The van der Waals surface area contributed by atoms with Crippen molar-refractivity contribution in [3.8, 4) is 0 Å². The molecule has 0 aromatic heterocycles. The van der Waals surface area contributed by atoms with Crippen LogP contribution in [0.1, 0.15) is 32.1 Å². The van der Waals surface area contributed by atoms with Crippen LogP contribution in [0.15, 0.2) is 0 Å². The van der Waals surface area contributed by atoms with Crippen LogP contribution in [0.5, 0.6) is 0 Å². The van der Waals surface area contributed by atoms with Crippen LogP contribution in [-0.4, -0.2) is 60.9 Å². The SMILES string of the molecule is O=C1CCCCN1CC1CCN(C(=O)C2CNC2)CC1. The summed E-state index contributed by atoms with van der Waals surface area (Å²) in [4.78, 5) is 28.1. The lowest BCUT2D eigenvalue weighted by atomic mass is 9.93. The van der Waals surface area contributed by atoms with E-state index in [0.717, 1.165) is 71.4 Å².